The normalized spacial score (nSPS) is 18.1. The van der Waals surface area contributed by atoms with Gasteiger partial charge in [-0.3, -0.25) is 4.68 Å². The second-order valence-electron chi connectivity index (χ2n) is 7.18. The predicted molar refractivity (Wildman–Crippen MR) is 83.7 cm³/mol. The van der Waals surface area contributed by atoms with Gasteiger partial charge >= 0.3 is 0 Å². The van der Waals surface area contributed by atoms with E-state index in [-0.39, 0.29) is 11.5 Å². The Kier molecular flexibility index (Phi) is 4.86. The van der Waals surface area contributed by atoms with Crippen LogP contribution in [-0.4, -0.2) is 22.9 Å². The van der Waals surface area contributed by atoms with E-state index < -0.39 is 0 Å². The molecular weight excluding hydrogens is 248 g/mol. The summed E-state index contributed by atoms with van der Waals surface area (Å²) in [4.78, 5) is 0. The van der Waals surface area contributed by atoms with Gasteiger partial charge in [-0.25, -0.2) is 0 Å². The summed E-state index contributed by atoms with van der Waals surface area (Å²) in [5.41, 5.74) is 8.46. The fourth-order valence-electron chi connectivity index (χ4n) is 2.91. The third kappa shape index (κ3) is 3.61. The molecule has 4 nitrogen and oxygen atoms in total. The fourth-order valence-corrected chi connectivity index (χ4v) is 2.91. The molecular formula is C16H30N4. The Hall–Kier alpha value is -0.870. The lowest BCUT2D eigenvalue weighted by Gasteiger charge is -2.27. The summed E-state index contributed by atoms with van der Waals surface area (Å²) in [5, 5.41) is 8.27. The molecule has 114 valence electrons. The Morgan fingerprint density at radius 1 is 1.45 bits per heavy atom. The summed E-state index contributed by atoms with van der Waals surface area (Å²) in [6, 6.07) is 0.220. The summed E-state index contributed by atoms with van der Waals surface area (Å²) in [7, 11) is 1.99. The summed E-state index contributed by atoms with van der Waals surface area (Å²) in [5.74, 6) is 0.942. The van der Waals surface area contributed by atoms with Gasteiger partial charge in [0, 0.05) is 36.8 Å². The van der Waals surface area contributed by atoms with Gasteiger partial charge in [-0.15, -0.1) is 0 Å². The van der Waals surface area contributed by atoms with Crippen LogP contribution in [0.25, 0.3) is 0 Å². The van der Waals surface area contributed by atoms with Gasteiger partial charge in [0.15, 0.2) is 0 Å². The minimum absolute atomic E-state index is 0.0552. The average molecular weight is 278 g/mol. The zero-order valence-corrected chi connectivity index (χ0v) is 13.4. The molecule has 1 saturated carbocycles. The van der Waals surface area contributed by atoms with E-state index in [0.717, 1.165) is 18.2 Å². The van der Waals surface area contributed by atoms with Gasteiger partial charge in [-0.05, 0) is 18.9 Å². The molecule has 1 aliphatic carbocycles. The first-order chi connectivity index (χ1) is 9.41. The van der Waals surface area contributed by atoms with Crippen molar-refractivity contribution in [2.45, 2.75) is 57.9 Å². The highest BCUT2D eigenvalue weighted by molar-refractivity contribution is 5.27. The first-order valence-corrected chi connectivity index (χ1v) is 7.89. The van der Waals surface area contributed by atoms with Gasteiger partial charge in [0.2, 0.25) is 0 Å². The van der Waals surface area contributed by atoms with Gasteiger partial charge in [-0.1, -0.05) is 40.0 Å². The van der Waals surface area contributed by atoms with Crippen LogP contribution in [-0.2, 0) is 12.5 Å². The number of aromatic nitrogens is 2. The van der Waals surface area contributed by atoms with Crippen LogP contribution >= 0.6 is 0 Å². The first-order valence-electron chi connectivity index (χ1n) is 7.89. The molecule has 2 rings (SSSR count). The van der Waals surface area contributed by atoms with Crippen LogP contribution in [0.15, 0.2) is 6.20 Å². The fraction of sp³-hybridized carbons (Fsp3) is 0.812. The van der Waals surface area contributed by atoms with E-state index in [0.29, 0.717) is 6.54 Å². The highest BCUT2D eigenvalue weighted by Crippen LogP contribution is 2.30. The second kappa shape index (κ2) is 6.27. The summed E-state index contributed by atoms with van der Waals surface area (Å²) >= 11 is 0. The topological polar surface area (TPSA) is 55.9 Å². The smallest absolute Gasteiger partial charge is 0.0726 e. The molecule has 1 aromatic rings. The Balaban J connectivity index is 2.02. The largest absolute Gasteiger partial charge is 0.329 e. The molecule has 0 spiro atoms. The zero-order valence-electron chi connectivity index (χ0n) is 13.4. The number of nitrogens with zero attached hydrogens (tertiary/aromatic N) is 2. The summed E-state index contributed by atoms with van der Waals surface area (Å²) < 4.78 is 1.91. The number of nitrogens with two attached hydrogens (primary N) is 1. The number of hydrogen-bond donors (Lipinski definition) is 2. The van der Waals surface area contributed by atoms with Crippen molar-refractivity contribution in [3.63, 3.8) is 0 Å². The third-order valence-corrected chi connectivity index (χ3v) is 4.35. The molecule has 1 atom stereocenters. The van der Waals surface area contributed by atoms with E-state index >= 15 is 0 Å². The number of rotatable bonds is 6. The maximum absolute atomic E-state index is 5.99. The second-order valence-corrected chi connectivity index (χ2v) is 7.18. The minimum Gasteiger partial charge on any atom is -0.329 e. The molecule has 0 bridgehead atoms. The van der Waals surface area contributed by atoms with Crippen LogP contribution in [0.5, 0.6) is 0 Å². The molecule has 4 heteroatoms. The average Bonchev–Trinajstić information content (AvgIpc) is 2.69. The van der Waals surface area contributed by atoms with Crippen molar-refractivity contribution in [3.05, 3.63) is 17.5 Å². The molecule has 1 aromatic heterocycles. The highest BCUT2D eigenvalue weighted by Gasteiger charge is 2.26. The maximum atomic E-state index is 5.99. The van der Waals surface area contributed by atoms with Crippen LogP contribution in [0.3, 0.4) is 0 Å². The molecule has 0 amide bonds. The van der Waals surface area contributed by atoms with Crippen molar-refractivity contribution in [1.29, 1.82) is 0 Å². The Morgan fingerprint density at radius 2 is 2.15 bits per heavy atom. The lowest BCUT2D eigenvalue weighted by atomic mass is 9.83. The van der Waals surface area contributed by atoms with E-state index in [1.807, 2.05) is 11.7 Å². The Labute approximate surface area is 123 Å². The van der Waals surface area contributed by atoms with E-state index in [9.17, 15) is 0 Å². The predicted octanol–water partition coefficient (Wildman–Crippen LogP) is 2.50. The monoisotopic (exact) mass is 278 g/mol. The Bertz CT molecular complexity index is 426. The van der Waals surface area contributed by atoms with Crippen molar-refractivity contribution in [2.75, 3.05) is 13.1 Å². The summed E-state index contributed by atoms with van der Waals surface area (Å²) in [6.45, 7) is 8.31. The number of aryl methyl sites for hydroxylation is 1. The molecule has 1 unspecified atom stereocenters. The molecule has 20 heavy (non-hydrogen) atoms. The van der Waals surface area contributed by atoms with Crippen LogP contribution in [0.2, 0.25) is 0 Å². The molecule has 0 aromatic carbocycles. The van der Waals surface area contributed by atoms with Gasteiger partial charge < -0.3 is 11.1 Å². The number of hydrogen-bond acceptors (Lipinski definition) is 3. The van der Waals surface area contributed by atoms with Gasteiger partial charge in [-0.2, -0.15) is 5.10 Å². The summed E-state index contributed by atoms with van der Waals surface area (Å²) in [6.07, 6.45) is 7.64. The van der Waals surface area contributed by atoms with E-state index in [2.05, 4.69) is 37.4 Å². The molecule has 1 heterocycles. The van der Waals surface area contributed by atoms with E-state index in [4.69, 9.17) is 5.73 Å². The van der Waals surface area contributed by atoms with E-state index in [1.165, 1.54) is 31.2 Å². The van der Waals surface area contributed by atoms with Crippen molar-refractivity contribution >= 4 is 0 Å². The lowest BCUT2D eigenvalue weighted by Crippen LogP contribution is -2.32. The SMILES string of the molecule is Cn1cc(C(CN)NCCC2CCC2)c(C(C)(C)C)n1. The van der Waals surface area contributed by atoms with E-state index in [1.54, 1.807) is 0 Å². The molecule has 1 fully saturated rings. The lowest BCUT2D eigenvalue weighted by molar-refractivity contribution is 0.287. The van der Waals surface area contributed by atoms with Crippen molar-refractivity contribution in [3.8, 4) is 0 Å². The quantitative estimate of drug-likeness (QED) is 0.840. The standard InChI is InChI=1S/C16H30N4/c1-16(2,3)15-13(11-20(4)19-15)14(10-17)18-9-8-12-6-5-7-12/h11-12,14,18H,5-10,17H2,1-4H3. The van der Waals surface area contributed by atoms with Gasteiger partial charge in [0.25, 0.3) is 0 Å². The molecule has 0 radical (unpaired) electrons. The zero-order chi connectivity index (χ0) is 14.8. The van der Waals surface area contributed by atoms with Crippen molar-refractivity contribution in [2.24, 2.45) is 18.7 Å². The first kappa shape index (κ1) is 15.5. The minimum atomic E-state index is 0.0552. The van der Waals surface area contributed by atoms with Crippen LogP contribution in [0.1, 0.15) is 63.8 Å². The third-order valence-electron chi connectivity index (χ3n) is 4.35. The molecule has 0 saturated heterocycles. The maximum Gasteiger partial charge on any atom is 0.0726 e. The molecule has 1 aliphatic rings. The number of nitrogens with one attached hydrogen (secondary N) is 1. The van der Waals surface area contributed by atoms with Crippen molar-refractivity contribution in [1.82, 2.24) is 15.1 Å². The van der Waals surface area contributed by atoms with Crippen LogP contribution in [0.4, 0.5) is 0 Å². The van der Waals surface area contributed by atoms with Crippen LogP contribution in [0, 0.1) is 5.92 Å². The van der Waals surface area contributed by atoms with Gasteiger partial charge in [0.05, 0.1) is 5.69 Å². The van der Waals surface area contributed by atoms with Crippen LogP contribution < -0.4 is 11.1 Å². The molecule has 3 N–H and O–H groups in total. The highest BCUT2D eigenvalue weighted by atomic mass is 15.3. The Morgan fingerprint density at radius 3 is 2.65 bits per heavy atom. The van der Waals surface area contributed by atoms with Crippen molar-refractivity contribution < 1.29 is 0 Å². The van der Waals surface area contributed by atoms with Gasteiger partial charge in [0.1, 0.15) is 0 Å². The molecule has 0 aliphatic heterocycles.